The zero-order valence-corrected chi connectivity index (χ0v) is 14.4. The summed E-state index contributed by atoms with van der Waals surface area (Å²) < 4.78 is 28.3. The fraction of sp³-hybridized carbons (Fsp3) is 0.0833. The van der Waals surface area contributed by atoms with Crippen LogP contribution in [0, 0.1) is 6.92 Å². The minimum absolute atomic E-state index is 0.0999. The van der Waals surface area contributed by atoms with Gasteiger partial charge in [-0.2, -0.15) is 0 Å². The summed E-state index contributed by atoms with van der Waals surface area (Å²) in [7, 11) is -3.74. The number of hydrogen-bond donors (Lipinski definition) is 2. The molecule has 8 heteroatoms. The molecule has 1 heterocycles. The highest BCUT2D eigenvalue weighted by Gasteiger charge is 2.22. The lowest BCUT2D eigenvalue weighted by atomic mass is 10.3. The van der Waals surface area contributed by atoms with Crippen LogP contribution in [0.25, 0.3) is 0 Å². The standard InChI is InChI=1S/C12H11Br2N3O2S/c1-7-6-16-3-2-11(7)17-20(18,19)12-9(13)4-8(15)5-10(12)14/h2-6H,15H2,1H3,(H,16,17). The summed E-state index contributed by atoms with van der Waals surface area (Å²) in [6.45, 7) is 1.78. The van der Waals surface area contributed by atoms with Crippen molar-refractivity contribution in [2.75, 3.05) is 10.5 Å². The van der Waals surface area contributed by atoms with Crippen LogP contribution in [-0.4, -0.2) is 13.4 Å². The second-order valence-corrected chi connectivity index (χ2v) is 7.44. The average molecular weight is 421 g/mol. The highest BCUT2D eigenvalue weighted by atomic mass is 79.9. The van der Waals surface area contributed by atoms with E-state index in [1.165, 1.54) is 6.20 Å². The van der Waals surface area contributed by atoms with Crippen LogP contribution in [0.5, 0.6) is 0 Å². The lowest BCUT2D eigenvalue weighted by Gasteiger charge is -2.13. The van der Waals surface area contributed by atoms with Crippen molar-refractivity contribution >= 4 is 53.3 Å². The smallest absolute Gasteiger partial charge is 0.264 e. The van der Waals surface area contributed by atoms with Gasteiger partial charge >= 0.3 is 0 Å². The fourth-order valence-electron chi connectivity index (χ4n) is 1.62. The Kier molecular flexibility index (Phi) is 4.36. The molecule has 0 atom stereocenters. The molecule has 0 saturated carbocycles. The van der Waals surface area contributed by atoms with Crippen molar-refractivity contribution in [2.45, 2.75) is 11.8 Å². The first-order valence-electron chi connectivity index (χ1n) is 5.49. The largest absolute Gasteiger partial charge is 0.399 e. The molecule has 0 aliphatic carbocycles. The number of rotatable bonds is 3. The molecule has 0 spiro atoms. The number of nitrogen functional groups attached to an aromatic ring is 1. The maximum atomic E-state index is 12.5. The molecular formula is C12H11Br2N3O2S. The Morgan fingerprint density at radius 1 is 1.25 bits per heavy atom. The van der Waals surface area contributed by atoms with Crippen molar-refractivity contribution in [3.05, 3.63) is 45.1 Å². The Morgan fingerprint density at radius 2 is 1.85 bits per heavy atom. The Labute approximate surface area is 133 Å². The number of halogens is 2. The summed E-state index contributed by atoms with van der Waals surface area (Å²) in [6.07, 6.45) is 3.11. The molecule has 0 saturated heterocycles. The number of anilines is 2. The van der Waals surface area contributed by atoms with Gasteiger partial charge in [0.1, 0.15) is 4.90 Å². The van der Waals surface area contributed by atoms with Crippen molar-refractivity contribution in [2.24, 2.45) is 0 Å². The molecule has 2 aromatic rings. The van der Waals surface area contributed by atoms with E-state index in [4.69, 9.17) is 5.73 Å². The summed E-state index contributed by atoms with van der Waals surface area (Å²) in [5.74, 6) is 0. The SMILES string of the molecule is Cc1cnccc1NS(=O)(=O)c1c(Br)cc(N)cc1Br. The van der Waals surface area contributed by atoms with Crippen LogP contribution in [0.2, 0.25) is 0 Å². The molecule has 5 nitrogen and oxygen atoms in total. The summed E-state index contributed by atoms with van der Waals surface area (Å²) in [4.78, 5) is 4.02. The van der Waals surface area contributed by atoms with Gasteiger partial charge in [-0.15, -0.1) is 0 Å². The van der Waals surface area contributed by atoms with E-state index >= 15 is 0 Å². The number of nitrogens with zero attached hydrogens (tertiary/aromatic N) is 1. The van der Waals surface area contributed by atoms with Gasteiger partial charge < -0.3 is 5.73 Å². The highest BCUT2D eigenvalue weighted by Crippen LogP contribution is 2.33. The molecule has 20 heavy (non-hydrogen) atoms. The quantitative estimate of drug-likeness (QED) is 0.746. The van der Waals surface area contributed by atoms with E-state index in [0.717, 1.165) is 5.56 Å². The van der Waals surface area contributed by atoms with Crippen molar-refractivity contribution in [3.8, 4) is 0 Å². The molecule has 106 valence electrons. The van der Waals surface area contributed by atoms with Crippen LogP contribution in [-0.2, 0) is 10.0 Å². The molecular weight excluding hydrogens is 410 g/mol. The normalized spacial score (nSPS) is 11.3. The molecule has 2 rings (SSSR count). The second-order valence-electron chi connectivity index (χ2n) is 4.11. The third-order valence-electron chi connectivity index (χ3n) is 2.55. The van der Waals surface area contributed by atoms with Gasteiger partial charge in [-0.05, 0) is 62.5 Å². The van der Waals surface area contributed by atoms with Crippen molar-refractivity contribution in [3.63, 3.8) is 0 Å². The van der Waals surface area contributed by atoms with Crippen molar-refractivity contribution in [1.82, 2.24) is 4.98 Å². The lowest BCUT2D eigenvalue weighted by Crippen LogP contribution is -2.15. The van der Waals surface area contributed by atoms with Crippen LogP contribution >= 0.6 is 31.9 Å². The third kappa shape index (κ3) is 3.13. The predicted octanol–water partition coefficient (Wildman–Crippen LogP) is 3.30. The molecule has 0 fully saturated rings. The minimum atomic E-state index is -3.74. The molecule has 3 N–H and O–H groups in total. The van der Waals surface area contributed by atoms with Crippen LogP contribution in [0.3, 0.4) is 0 Å². The number of sulfonamides is 1. The van der Waals surface area contributed by atoms with E-state index in [1.54, 1.807) is 31.3 Å². The van der Waals surface area contributed by atoms with E-state index in [0.29, 0.717) is 20.3 Å². The van der Waals surface area contributed by atoms with E-state index in [2.05, 4.69) is 41.6 Å². The van der Waals surface area contributed by atoms with Gasteiger partial charge in [-0.3, -0.25) is 9.71 Å². The van der Waals surface area contributed by atoms with Gasteiger partial charge in [-0.1, -0.05) is 0 Å². The van der Waals surface area contributed by atoms with Crippen LogP contribution < -0.4 is 10.5 Å². The van der Waals surface area contributed by atoms with Crippen LogP contribution in [0.4, 0.5) is 11.4 Å². The number of hydrogen-bond acceptors (Lipinski definition) is 4. The van der Waals surface area contributed by atoms with Gasteiger partial charge in [-0.25, -0.2) is 8.42 Å². The summed E-state index contributed by atoms with van der Waals surface area (Å²) >= 11 is 6.45. The summed E-state index contributed by atoms with van der Waals surface area (Å²) in [6, 6.07) is 4.68. The van der Waals surface area contributed by atoms with Crippen LogP contribution in [0.1, 0.15) is 5.56 Å². The van der Waals surface area contributed by atoms with Gasteiger partial charge in [0.25, 0.3) is 10.0 Å². The number of aromatic nitrogens is 1. The molecule has 0 unspecified atom stereocenters. The monoisotopic (exact) mass is 419 g/mol. The topological polar surface area (TPSA) is 85.1 Å². The molecule has 0 aliphatic rings. The van der Waals surface area contributed by atoms with E-state index < -0.39 is 10.0 Å². The number of benzene rings is 1. The second kappa shape index (κ2) is 5.71. The first-order chi connectivity index (χ1) is 9.31. The highest BCUT2D eigenvalue weighted by molar-refractivity contribution is 9.11. The van der Waals surface area contributed by atoms with Gasteiger partial charge in [0.05, 0.1) is 5.69 Å². The first-order valence-corrected chi connectivity index (χ1v) is 8.56. The Morgan fingerprint density at radius 3 is 2.40 bits per heavy atom. The maximum Gasteiger partial charge on any atom is 0.264 e. The lowest BCUT2D eigenvalue weighted by molar-refractivity contribution is 0.600. The van der Waals surface area contributed by atoms with E-state index in [-0.39, 0.29) is 4.90 Å². The van der Waals surface area contributed by atoms with Gasteiger partial charge in [0.15, 0.2) is 0 Å². The molecule has 0 radical (unpaired) electrons. The Hall–Kier alpha value is -1.12. The number of nitrogens with one attached hydrogen (secondary N) is 1. The fourth-order valence-corrected chi connectivity index (χ4v) is 5.37. The zero-order chi connectivity index (χ0) is 14.9. The van der Waals surface area contributed by atoms with Crippen LogP contribution in [0.15, 0.2) is 44.4 Å². The Balaban J connectivity index is 2.50. The number of aryl methyl sites for hydroxylation is 1. The maximum absolute atomic E-state index is 12.5. The van der Waals surface area contributed by atoms with Gasteiger partial charge in [0.2, 0.25) is 0 Å². The molecule has 0 aliphatic heterocycles. The first kappa shape index (κ1) is 15.3. The number of pyridine rings is 1. The van der Waals surface area contributed by atoms with E-state index in [1.807, 2.05) is 0 Å². The molecule has 1 aromatic carbocycles. The van der Waals surface area contributed by atoms with Crippen molar-refractivity contribution in [1.29, 1.82) is 0 Å². The molecule has 1 aromatic heterocycles. The summed E-state index contributed by atoms with van der Waals surface area (Å²) in [5, 5.41) is 0. The number of nitrogens with two attached hydrogens (primary N) is 1. The molecule has 0 amide bonds. The summed E-state index contributed by atoms with van der Waals surface area (Å²) in [5.41, 5.74) is 7.34. The van der Waals surface area contributed by atoms with E-state index in [9.17, 15) is 8.42 Å². The molecule has 0 bridgehead atoms. The predicted molar refractivity (Wildman–Crippen MR) is 86.0 cm³/mol. The Bertz CT molecular complexity index is 740. The minimum Gasteiger partial charge on any atom is -0.399 e. The van der Waals surface area contributed by atoms with Crippen molar-refractivity contribution < 1.29 is 8.42 Å². The third-order valence-corrected chi connectivity index (χ3v) is 5.80. The average Bonchev–Trinajstić information content (AvgIpc) is 2.30. The zero-order valence-electron chi connectivity index (χ0n) is 10.4. The van der Waals surface area contributed by atoms with Gasteiger partial charge in [0, 0.05) is 27.0 Å².